The van der Waals surface area contributed by atoms with Crippen molar-refractivity contribution >= 4 is 36.5 Å². The second kappa shape index (κ2) is 9.30. The average Bonchev–Trinajstić information content (AvgIpc) is 2.78. The van der Waals surface area contributed by atoms with Crippen molar-refractivity contribution in [3.8, 4) is 0 Å². The van der Waals surface area contributed by atoms with E-state index in [-0.39, 0.29) is 30.7 Å². The predicted octanol–water partition coefficient (Wildman–Crippen LogP) is 1.46. The number of halogens is 2. The molecule has 0 aliphatic heterocycles. The van der Waals surface area contributed by atoms with Gasteiger partial charge in [-0.1, -0.05) is 0 Å². The van der Waals surface area contributed by atoms with Gasteiger partial charge in [-0.15, -0.1) is 24.8 Å². The number of nitrogens with one attached hydrogen (secondary N) is 1. The minimum atomic E-state index is -0.119. The molecule has 2 rings (SSSR count). The van der Waals surface area contributed by atoms with Gasteiger partial charge < -0.3 is 11.1 Å². The minimum Gasteiger partial charge on any atom is -0.330 e. The molecule has 0 saturated carbocycles. The van der Waals surface area contributed by atoms with Gasteiger partial charge in [0.15, 0.2) is 5.82 Å². The van der Waals surface area contributed by atoms with E-state index in [4.69, 9.17) is 5.73 Å². The first-order valence-electron chi connectivity index (χ1n) is 5.70. The van der Waals surface area contributed by atoms with E-state index in [1.165, 1.54) is 0 Å². The Hall–Kier alpha value is -1.63. The van der Waals surface area contributed by atoms with Crippen molar-refractivity contribution in [2.24, 2.45) is 5.73 Å². The van der Waals surface area contributed by atoms with Gasteiger partial charge in [-0.2, -0.15) is 5.10 Å². The highest BCUT2D eigenvalue weighted by Gasteiger charge is 2.04. The van der Waals surface area contributed by atoms with Crippen LogP contribution >= 0.6 is 24.8 Å². The van der Waals surface area contributed by atoms with Crippen LogP contribution in [0.2, 0.25) is 0 Å². The fourth-order valence-corrected chi connectivity index (χ4v) is 1.53. The first kappa shape index (κ1) is 18.4. The van der Waals surface area contributed by atoms with Crippen molar-refractivity contribution < 1.29 is 4.79 Å². The Kier molecular flexibility index (Phi) is 8.54. The summed E-state index contributed by atoms with van der Waals surface area (Å²) in [6.07, 6.45) is 5.60. The van der Waals surface area contributed by atoms with E-state index in [2.05, 4.69) is 15.4 Å². The normalized spacial score (nSPS) is 9.25. The van der Waals surface area contributed by atoms with E-state index in [9.17, 15) is 4.79 Å². The molecule has 20 heavy (non-hydrogen) atoms. The molecule has 0 unspecified atom stereocenters. The number of carbonyl (C=O) groups excluding carboxylic acids is 1. The van der Waals surface area contributed by atoms with Crippen LogP contribution in [0.4, 0.5) is 5.82 Å². The Morgan fingerprint density at radius 2 is 1.95 bits per heavy atom. The van der Waals surface area contributed by atoms with Gasteiger partial charge in [0.1, 0.15) is 0 Å². The molecule has 2 aromatic heterocycles. The van der Waals surface area contributed by atoms with E-state index in [0.29, 0.717) is 25.3 Å². The fourth-order valence-electron chi connectivity index (χ4n) is 1.53. The topological polar surface area (TPSA) is 85.8 Å². The van der Waals surface area contributed by atoms with Gasteiger partial charge in [-0.05, 0) is 17.7 Å². The second-order valence-electron chi connectivity index (χ2n) is 3.84. The molecular formula is C12H17Cl2N5O. The van der Waals surface area contributed by atoms with Crippen LogP contribution in [0.15, 0.2) is 36.8 Å². The SMILES string of the molecule is Cl.Cl.NCCC(=O)Nc1ccn(Cc2ccncc2)n1. The van der Waals surface area contributed by atoms with Crippen molar-refractivity contribution in [1.82, 2.24) is 14.8 Å². The maximum Gasteiger partial charge on any atom is 0.226 e. The lowest BCUT2D eigenvalue weighted by atomic mass is 10.3. The first-order valence-corrected chi connectivity index (χ1v) is 5.70. The summed E-state index contributed by atoms with van der Waals surface area (Å²) in [5.74, 6) is 0.425. The molecule has 0 aromatic carbocycles. The molecule has 3 N–H and O–H groups in total. The lowest BCUT2D eigenvalue weighted by molar-refractivity contribution is -0.116. The Bertz CT molecular complexity index is 518. The molecule has 6 nitrogen and oxygen atoms in total. The van der Waals surface area contributed by atoms with Gasteiger partial charge in [0.2, 0.25) is 5.91 Å². The second-order valence-corrected chi connectivity index (χ2v) is 3.84. The summed E-state index contributed by atoms with van der Waals surface area (Å²) in [6.45, 7) is 0.985. The van der Waals surface area contributed by atoms with Gasteiger partial charge in [0.05, 0.1) is 6.54 Å². The summed E-state index contributed by atoms with van der Waals surface area (Å²) in [7, 11) is 0. The highest BCUT2D eigenvalue weighted by molar-refractivity contribution is 5.89. The number of anilines is 1. The molecule has 0 bridgehead atoms. The monoisotopic (exact) mass is 317 g/mol. The Morgan fingerprint density at radius 1 is 1.25 bits per heavy atom. The molecule has 0 aliphatic rings. The zero-order valence-corrected chi connectivity index (χ0v) is 12.4. The van der Waals surface area contributed by atoms with Gasteiger partial charge >= 0.3 is 0 Å². The van der Waals surface area contributed by atoms with Gasteiger partial charge in [-0.25, -0.2) is 0 Å². The number of nitrogens with two attached hydrogens (primary N) is 1. The molecule has 0 aliphatic carbocycles. The minimum absolute atomic E-state index is 0. The number of hydrogen-bond acceptors (Lipinski definition) is 4. The standard InChI is InChI=1S/C12H15N5O.2ClH/c13-5-1-12(18)15-11-4-8-17(16-11)9-10-2-6-14-7-3-10;;/h2-4,6-8H,1,5,9,13H2,(H,15,16,18);2*1H. The third-order valence-corrected chi connectivity index (χ3v) is 2.37. The molecule has 0 fully saturated rings. The van der Waals surface area contributed by atoms with Crippen molar-refractivity contribution in [1.29, 1.82) is 0 Å². The third kappa shape index (κ3) is 5.56. The van der Waals surface area contributed by atoms with E-state index in [1.54, 1.807) is 23.1 Å². The van der Waals surface area contributed by atoms with Crippen molar-refractivity contribution in [2.45, 2.75) is 13.0 Å². The zero-order chi connectivity index (χ0) is 12.8. The molecule has 2 heterocycles. The van der Waals surface area contributed by atoms with Gasteiger partial charge in [0.25, 0.3) is 0 Å². The molecule has 0 radical (unpaired) electrons. The lowest BCUT2D eigenvalue weighted by Gasteiger charge is -2.02. The molecule has 110 valence electrons. The highest BCUT2D eigenvalue weighted by atomic mass is 35.5. The summed E-state index contributed by atoms with van der Waals surface area (Å²) in [5.41, 5.74) is 6.40. The van der Waals surface area contributed by atoms with Crippen LogP contribution in [0, 0.1) is 0 Å². The summed E-state index contributed by atoms with van der Waals surface area (Å²) in [6, 6.07) is 5.61. The summed E-state index contributed by atoms with van der Waals surface area (Å²) < 4.78 is 1.76. The van der Waals surface area contributed by atoms with Crippen molar-refractivity contribution in [3.63, 3.8) is 0 Å². The molecule has 0 spiro atoms. The van der Waals surface area contributed by atoms with E-state index < -0.39 is 0 Å². The van der Waals surface area contributed by atoms with Crippen molar-refractivity contribution in [2.75, 3.05) is 11.9 Å². The lowest BCUT2D eigenvalue weighted by Crippen LogP contribution is -2.16. The van der Waals surface area contributed by atoms with Crippen LogP contribution in [0.25, 0.3) is 0 Å². The van der Waals surface area contributed by atoms with Gasteiger partial charge in [0, 0.05) is 37.6 Å². The molecule has 2 aromatic rings. The average molecular weight is 318 g/mol. The number of amides is 1. The third-order valence-electron chi connectivity index (χ3n) is 2.37. The molecular weight excluding hydrogens is 301 g/mol. The Morgan fingerprint density at radius 3 is 2.60 bits per heavy atom. The highest BCUT2D eigenvalue weighted by Crippen LogP contribution is 2.06. The predicted molar refractivity (Wildman–Crippen MR) is 82.4 cm³/mol. The van der Waals surface area contributed by atoms with E-state index >= 15 is 0 Å². The molecule has 8 heteroatoms. The van der Waals surface area contributed by atoms with Crippen LogP contribution in [0.1, 0.15) is 12.0 Å². The fraction of sp³-hybridized carbons (Fsp3) is 0.250. The molecule has 0 saturated heterocycles. The number of nitrogens with zero attached hydrogens (tertiary/aromatic N) is 3. The first-order chi connectivity index (χ1) is 8.78. The van der Waals surface area contributed by atoms with Gasteiger partial charge in [-0.3, -0.25) is 14.5 Å². The number of carbonyl (C=O) groups is 1. The Labute approximate surface area is 129 Å². The van der Waals surface area contributed by atoms with E-state index in [0.717, 1.165) is 5.56 Å². The van der Waals surface area contributed by atoms with Crippen LogP contribution in [-0.4, -0.2) is 27.2 Å². The number of aromatic nitrogens is 3. The van der Waals surface area contributed by atoms with Crippen LogP contribution in [0.3, 0.4) is 0 Å². The number of hydrogen-bond donors (Lipinski definition) is 2. The van der Waals surface area contributed by atoms with Crippen LogP contribution in [-0.2, 0) is 11.3 Å². The maximum atomic E-state index is 11.3. The van der Waals surface area contributed by atoms with E-state index in [1.807, 2.05) is 18.3 Å². The largest absolute Gasteiger partial charge is 0.330 e. The zero-order valence-electron chi connectivity index (χ0n) is 10.7. The summed E-state index contributed by atoms with van der Waals surface area (Å²) in [4.78, 5) is 15.3. The summed E-state index contributed by atoms with van der Waals surface area (Å²) >= 11 is 0. The molecule has 0 atom stereocenters. The van der Waals surface area contributed by atoms with Crippen molar-refractivity contribution in [3.05, 3.63) is 42.4 Å². The quantitative estimate of drug-likeness (QED) is 0.874. The van der Waals surface area contributed by atoms with Crippen LogP contribution in [0.5, 0.6) is 0 Å². The number of pyridine rings is 1. The number of rotatable bonds is 5. The molecule has 1 amide bonds. The Balaban J connectivity index is 0.00000180. The smallest absolute Gasteiger partial charge is 0.226 e. The summed E-state index contributed by atoms with van der Waals surface area (Å²) in [5, 5.41) is 6.94. The maximum absolute atomic E-state index is 11.3. The van der Waals surface area contributed by atoms with Crippen LogP contribution < -0.4 is 11.1 Å².